The summed E-state index contributed by atoms with van der Waals surface area (Å²) in [6.07, 6.45) is 4.09. The Kier molecular flexibility index (Phi) is 7.02. The van der Waals surface area contributed by atoms with Crippen LogP contribution in [-0.4, -0.2) is 40.3 Å². The standard InChI is InChI=1S/C31H30ClN3O5/c1-37-25-16-22(17-26(38-2)29(25)39-3)34-31-24(30(36)33-21-9-4-8-20(32)15-21)14-19-13-18-7-5-11-35-12-6-10-23(27(18)35)28(19)40-31/h4,8-9,13-17H,5-7,10-12H2,1-3H3,(H,33,36). The number of hydrogen-bond donors (Lipinski definition) is 1. The van der Waals surface area contributed by atoms with Crippen LogP contribution in [0.2, 0.25) is 5.02 Å². The van der Waals surface area contributed by atoms with Crippen LogP contribution >= 0.6 is 11.6 Å². The number of nitrogens with one attached hydrogen (secondary N) is 1. The highest BCUT2D eigenvalue weighted by Gasteiger charge is 2.27. The van der Waals surface area contributed by atoms with E-state index in [-0.39, 0.29) is 11.5 Å². The Morgan fingerprint density at radius 3 is 2.42 bits per heavy atom. The number of ether oxygens (including phenoxy) is 3. The van der Waals surface area contributed by atoms with Crippen molar-refractivity contribution in [3.63, 3.8) is 0 Å². The molecule has 0 saturated carbocycles. The van der Waals surface area contributed by atoms with Gasteiger partial charge in [-0.3, -0.25) is 4.79 Å². The zero-order chi connectivity index (χ0) is 27.8. The first-order valence-electron chi connectivity index (χ1n) is 13.3. The molecule has 40 heavy (non-hydrogen) atoms. The van der Waals surface area contributed by atoms with Crippen molar-refractivity contribution in [2.45, 2.75) is 25.7 Å². The third-order valence-corrected chi connectivity index (χ3v) is 7.67. The van der Waals surface area contributed by atoms with Gasteiger partial charge in [-0.2, -0.15) is 0 Å². The molecule has 206 valence electrons. The average Bonchev–Trinajstić information content (AvgIpc) is 2.96. The van der Waals surface area contributed by atoms with E-state index in [1.54, 1.807) is 57.7 Å². The number of carbonyl (C=O) groups excluding carboxylic acids is 1. The molecule has 0 radical (unpaired) electrons. The van der Waals surface area contributed by atoms with Crippen molar-refractivity contribution in [1.29, 1.82) is 0 Å². The van der Waals surface area contributed by atoms with Crippen LogP contribution in [0, 0.1) is 0 Å². The molecule has 6 rings (SSSR count). The lowest BCUT2D eigenvalue weighted by molar-refractivity contribution is 0.102. The van der Waals surface area contributed by atoms with Crippen LogP contribution in [0.25, 0.3) is 11.0 Å². The van der Waals surface area contributed by atoms with Gasteiger partial charge in [-0.05, 0) is 61.6 Å². The van der Waals surface area contributed by atoms with Crippen LogP contribution in [0.15, 0.2) is 57.9 Å². The largest absolute Gasteiger partial charge is 0.493 e. The molecule has 2 aliphatic rings. The Hall–Kier alpha value is -4.17. The van der Waals surface area contributed by atoms with Crippen molar-refractivity contribution in [1.82, 2.24) is 0 Å². The Balaban J connectivity index is 1.58. The summed E-state index contributed by atoms with van der Waals surface area (Å²) in [7, 11) is 4.64. The molecule has 0 spiro atoms. The van der Waals surface area contributed by atoms with Gasteiger partial charge in [0.1, 0.15) is 11.1 Å². The molecule has 1 amide bonds. The topological polar surface area (TPSA) is 85.5 Å². The summed E-state index contributed by atoms with van der Waals surface area (Å²) in [5, 5.41) is 4.35. The molecule has 4 aromatic rings. The van der Waals surface area contributed by atoms with E-state index in [0.717, 1.165) is 49.7 Å². The molecule has 1 aromatic heterocycles. The zero-order valence-corrected chi connectivity index (χ0v) is 23.4. The number of fused-ring (bicyclic) bond motifs is 2. The summed E-state index contributed by atoms with van der Waals surface area (Å²) in [5.74, 6) is 0.999. The van der Waals surface area contributed by atoms with E-state index in [1.807, 2.05) is 6.07 Å². The molecule has 3 heterocycles. The summed E-state index contributed by atoms with van der Waals surface area (Å²) in [6.45, 7) is 2.10. The van der Waals surface area contributed by atoms with E-state index in [4.69, 9.17) is 35.2 Å². The highest BCUT2D eigenvalue weighted by molar-refractivity contribution is 6.31. The number of nitrogens with zero attached hydrogens (tertiary/aromatic N) is 2. The summed E-state index contributed by atoms with van der Waals surface area (Å²) in [5.41, 5.74) is 6.08. The van der Waals surface area contributed by atoms with E-state index in [9.17, 15) is 4.79 Å². The number of hydrogen-bond acceptors (Lipinski definition) is 7. The molecule has 0 bridgehead atoms. The summed E-state index contributed by atoms with van der Waals surface area (Å²) >= 11 is 6.16. The second kappa shape index (κ2) is 10.8. The minimum absolute atomic E-state index is 0.186. The maximum absolute atomic E-state index is 13.7. The minimum Gasteiger partial charge on any atom is -0.493 e. The molecule has 2 aliphatic heterocycles. The van der Waals surface area contributed by atoms with Crippen LogP contribution < -0.4 is 30.0 Å². The molecule has 0 aliphatic carbocycles. The van der Waals surface area contributed by atoms with E-state index >= 15 is 0 Å². The van der Waals surface area contributed by atoms with Gasteiger partial charge in [-0.1, -0.05) is 17.7 Å². The van der Waals surface area contributed by atoms with E-state index in [2.05, 4.69) is 16.3 Å². The van der Waals surface area contributed by atoms with E-state index in [0.29, 0.717) is 39.2 Å². The normalized spacial score (nSPS) is 14.6. The molecular formula is C31H30ClN3O5. The van der Waals surface area contributed by atoms with Gasteiger partial charge in [0.2, 0.25) is 11.3 Å². The predicted octanol–water partition coefficient (Wildman–Crippen LogP) is 6.30. The second-order valence-electron chi connectivity index (χ2n) is 9.90. The summed E-state index contributed by atoms with van der Waals surface area (Å²) < 4.78 is 23.1. The van der Waals surface area contributed by atoms with Crippen LogP contribution in [0.5, 0.6) is 17.2 Å². The number of benzene rings is 3. The van der Waals surface area contributed by atoms with Crippen molar-refractivity contribution in [2.75, 3.05) is 44.6 Å². The van der Waals surface area contributed by atoms with E-state index < -0.39 is 0 Å². The number of anilines is 2. The number of rotatable bonds is 6. The van der Waals surface area contributed by atoms with Crippen molar-refractivity contribution in [3.05, 3.63) is 75.8 Å². The van der Waals surface area contributed by atoms with Crippen molar-refractivity contribution >= 4 is 45.5 Å². The summed E-state index contributed by atoms with van der Waals surface area (Å²) in [6, 6.07) is 14.5. The lowest BCUT2D eigenvalue weighted by Gasteiger charge is -2.37. The number of amides is 1. The average molecular weight is 560 g/mol. The highest BCUT2D eigenvalue weighted by atomic mass is 35.5. The van der Waals surface area contributed by atoms with Crippen molar-refractivity contribution < 1.29 is 23.4 Å². The Labute approximate surface area is 237 Å². The molecule has 0 saturated heterocycles. The molecule has 1 N–H and O–H groups in total. The lowest BCUT2D eigenvalue weighted by Crippen LogP contribution is -2.34. The van der Waals surface area contributed by atoms with Gasteiger partial charge in [0.05, 0.1) is 27.0 Å². The highest BCUT2D eigenvalue weighted by Crippen LogP contribution is 2.42. The molecule has 8 nitrogen and oxygen atoms in total. The molecular weight excluding hydrogens is 530 g/mol. The maximum atomic E-state index is 13.7. The zero-order valence-electron chi connectivity index (χ0n) is 22.7. The SMILES string of the molecule is COc1cc(N=c2oc3c4c5c(cc3cc2C(=O)Nc2cccc(Cl)c2)CCCN5CCC4)cc(OC)c1OC. The van der Waals surface area contributed by atoms with Gasteiger partial charge in [0.25, 0.3) is 5.91 Å². The maximum Gasteiger partial charge on any atom is 0.261 e. The third-order valence-electron chi connectivity index (χ3n) is 7.44. The van der Waals surface area contributed by atoms with Crippen LogP contribution in [-0.2, 0) is 12.8 Å². The first-order valence-corrected chi connectivity index (χ1v) is 13.7. The van der Waals surface area contributed by atoms with Crippen LogP contribution in [0.1, 0.15) is 34.3 Å². The third kappa shape index (κ3) is 4.73. The monoisotopic (exact) mass is 559 g/mol. The predicted molar refractivity (Wildman–Crippen MR) is 156 cm³/mol. The number of aryl methyl sites for hydroxylation is 2. The molecule has 0 atom stereocenters. The molecule has 0 unspecified atom stereocenters. The van der Waals surface area contributed by atoms with Crippen LogP contribution in [0.3, 0.4) is 0 Å². The van der Waals surface area contributed by atoms with Gasteiger partial charge >= 0.3 is 0 Å². The van der Waals surface area contributed by atoms with Crippen LogP contribution in [0.4, 0.5) is 17.1 Å². The Morgan fingerprint density at radius 2 is 1.73 bits per heavy atom. The molecule has 0 fully saturated rings. The first-order chi connectivity index (χ1) is 19.5. The second-order valence-corrected chi connectivity index (χ2v) is 10.3. The Morgan fingerprint density at radius 1 is 0.975 bits per heavy atom. The fourth-order valence-electron chi connectivity index (χ4n) is 5.71. The molecule has 9 heteroatoms. The quantitative estimate of drug-likeness (QED) is 0.298. The van der Waals surface area contributed by atoms with Crippen molar-refractivity contribution in [2.24, 2.45) is 4.99 Å². The fourth-order valence-corrected chi connectivity index (χ4v) is 5.90. The molecule has 3 aromatic carbocycles. The summed E-state index contributed by atoms with van der Waals surface area (Å²) in [4.78, 5) is 20.9. The number of carbonyl (C=O) groups is 1. The van der Waals surface area contributed by atoms with Gasteiger partial charge < -0.3 is 28.8 Å². The lowest BCUT2D eigenvalue weighted by atomic mass is 9.90. The number of halogens is 1. The van der Waals surface area contributed by atoms with Gasteiger partial charge in [-0.25, -0.2) is 4.99 Å². The first kappa shape index (κ1) is 26.1. The van der Waals surface area contributed by atoms with E-state index in [1.165, 1.54) is 16.8 Å². The minimum atomic E-state index is -0.355. The fraction of sp³-hybridized carbons (Fsp3) is 0.290. The van der Waals surface area contributed by atoms with Gasteiger partial charge in [0, 0.05) is 52.6 Å². The smallest absolute Gasteiger partial charge is 0.261 e. The van der Waals surface area contributed by atoms with Crippen molar-refractivity contribution in [3.8, 4) is 17.2 Å². The van der Waals surface area contributed by atoms with Gasteiger partial charge in [-0.15, -0.1) is 0 Å². The Bertz CT molecular complexity index is 1670. The van der Waals surface area contributed by atoms with Gasteiger partial charge in [0.15, 0.2) is 11.5 Å². The number of methoxy groups -OCH3 is 3.